The molecule has 0 spiro atoms. The van der Waals surface area contributed by atoms with Gasteiger partial charge < -0.3 is 11.1 Å². The van der Waals surface area contributed by atoms with Gasteiger partial charge in [-0.1, -0.05) is 24.4 Å². The minimum atomic E-state index is -0.528. The molecular weight excluding hydrogens is 255 g/mol. The fourth-order valence-electron chi connectivity index (χ4n) is 2.30. The average molecular weight is 271 g/mol. The van der Waals surface area contributed by atoms with E-state index in [1.54, 1.807) is 6.07 Å². The Morgan fingerprint density at radius 2 is 2.11 bits per heavy atom. The minimum absolute atomic E-state index is 0.130. The van der Waals surface area contributed by atoms with Crippen LogP contribution in [0.15, 0.2) is 18.2 Å². The maximum atomic E-state index is 13.5. The number of benzene rings is 1. The van der Waals surface area contributed by atoms with Crippen LogP contribution in [0.5, 0.6) is 0 Å². The summed E-state index contributed by atoms with van der Waals surface area (Å²) in [6.07, 6.45) is 3.67. The van der Waals surface area contributed by atoms with Crippen LogP contribution in [0, 0.1) is 11.7 Å². The lowest BCUT2D eigenvalue weighted by Crippen LogP contribution is -2.40. The zero-order valence-corrected chi connectivity index (χ0v) is 10.7. The van der Waals surface area contributed by atoms with E-state index in [9.17, 15) is 9.18 Å². The number of nitrogens with one attached hydrogen (secondary N) is 1. The highest BCUT2D eigenvalue weighted by molar-refractivity contribution is 6.30. The third-order valence-corrected chi connectivity index (χ3v) is 3.58. The molecule has 3 N–H and O–H groups in total. The van der Waals surface area contributed by atoms with Gasteiger partial charge in [-0.05, 0) is 31.0 Å². The fourth-order valence-corrected chi connectivity index (χ4v) is 2.46. The van der Waals surface area contributed by atoms with Crippen molar-refractivity contribution in [1.29, 1.82) is 0 Å². The molecule has 0 aliphatic heterocycles. The Kier molecular flexibility index (Phi) is 4.19. The van der Waals surface area contributed by atoms with E-state index in [0.717, 1.165) is 25.7 Å². The number of amides is 1. The van der Waals surface area contributed by atoms with Crippen molar-refractivity contribution < 1.29 is 9.18 Å². The quantitative estimate of drug-likeness (QED) is 0.868. The molecule has 2 unspecified atom stereocenters. The Labute approximate surface area is 111 Å². The number of rotatable bonds is 2. The summed E-state index contributed by atoms with van der Waals surface area (Å²) in [6.45, 7) is 0. The van der Waals surface area contributed by atoms with Crippen molar-refractivity contribution in [3.05, 3.63) is 29.0 Å². The summed E-state index contributed by atoms with van der Waals surface area (Å²) in [5.74, 6) is -0.961. The second-order valence-electron chi connectivity index (χ2n) is 4.67. The topological polar surface area (TPSA) is 55.1 Å². The Morgan fingerprint density at radius 1 is 1.39 bits per heavy atom. The molecule has 1 aromatic carbocycles. The van der Waals surface area contributed by atoms with Gasteiger partial charge in [-0.15, -0.1) is 0 Å². The predicted molar refractivity (Wildman–Crippen MR) is 70.0 cm³/mol. The van der Waals surface area contributed by atoms with Crippen molar-refractivity contribution in [2.24, 2.45) is 11.7 Å². The zero-order chi connectivity index (χ0) is 13.1. The van der Waals surface area contributed by atoms with E-state index < -0.39 is 5.82 Å². The van der Waals surface area contributed by atoms with Crippen LogP contribution < -0.4 is 11.1 Å². The van der Waals surface area contributed by atoms with Crippen molar-refractivity contribution in [3.8, 4) is 0 Å². The standard InChI is InChI=1S/C13H16ClFN2O/c14-8-5-6-12(10(15)7-8)17-13(18)9-3-1-2-4-11(9)16/h5-7,9,11H,1-4,16H2,(H,17,18). The van der Waals surface area contributed by atoms with Gasteiger partial charge in [-0.25, -0.2) is 4.39 Å². The number of carbonyl (C=O) groups is 1. The molecule has 18 heavy (non-hydrogen) atoms. The van der Waals surface area contributed by atoms with Crippen LogP contribution in [0.2, 0.25) is 5.02 Å². The lowest BCUT2D eigenvalue weighted by atomic mass is 9.84. The Morgan fingerprint density at radius 3 is 2.78 bits per heavy atom. The first kappa shape index (κ1) is 13.3. The molecule has 3 nitrogen and oxygen atoms in total. The number of hydrogen-bond acceptors (Lipinski definition) is 2. The minimum Gasteiger partial charge on any atom is -0.327 e. The monoisotopic (exact) mass is 270 g/mol. The molecule has 2 rings (SSSR count). The lowest BCUT2D eigenvalue weighted by molar-refractivity contribution is -0.121. The predicted octanol–water partition coefficient (Wildman–Crippen LogP) is 2.94. The lowest BCUT2D eigenvalue weighted by Gasteiger charge is -2.27. The van der Waals surface area contributed by atoms with Gasteiger partial charge in [-0.2, -0.15) is 0 Å². The maximum Gasteiger partial charge on any atom is 0.229 e. The average Bonchev–Trinajstić information content (AvgIpc) is 2.33. The van der Waals surface area contributed by atoms with Gasteiger partial charge in [0.15, 0.2) is 0 Å². The molecule has 2 atom stereocenters. The molecule has 0 heterocycles. The molecule has 0 bridgehead atoms. The van der Waals surface area contributed by atoms with Crippen LogP contribution in [-0.4, -0.2) is 11.9 Å². The first-order valence-corrected chi connectivity index (χ1v) is 6.47. The molecule has 1 aromatic rings. The third kappa shape index (κ3) is 3.00. The van der Waals surface area contributed by atoms with Crippen LogP contribution in [0.4, 0.5) is 10.1 Å². The Balaban J connectivity index is 2.06. The molecule has 1 saturated carbocycles. The van der Waals surface area contributed by atoms with E-state index in [4.69, 9.17) is 17.3 Å². The second-order valence-corrected chi connectivity index (χ2v) is 5.10. The maximum absolute atomic E-state index is 13.5. The van der Waals surface area contributed by atoms with Crippen LogP contribution >= 0.6 is 11.6 Å². The van der Waals surface area contributed by atoms with Gasteiger partial charge in [0, 0.05) is 11.1 Å². The van der Waals surface area contributed by atoms with Crippen LogP contribution in [0.1, 0.15) is 25.7 Å². The number of halogens is 2. The van der Waals surface area contributed by atoms with Gasteiger partial charge in [0.2, 0.25) is 5.91 Å². The molecule has 5 heteroatoms. The molecular formula is C13H16ClFN2O. The number of hydrogen-bond donors (Lipinski definition) is 2. The summed E-state index contributed by atoms with van der Waals surface area (Å²) >= 11 is 5.65. The van der Waals surface area contributed by atoms with Gasteiger partial charge in [0.25, 0.3) is 0 Å². The summed E-state index contributed by atoms with van der Waals surface area (Å²) in [6, 6.07) is 4.05. The van der Waals surface area contributed by atoms with E-state index in [-0.39, 0.29) is 23.6 Å². The van der Waals surface area contributed by atoms with E-state index >= 15 is 0 Å². The SMILES string of the molecule is NC1CCCCC1C(=O)Nc1ccc(Cl)cc1F. The summed E-state index contributed by atoms with van der Waals surface area (Å²) < 4.78 is 13.5. The largest absolute Gasteiger partial charge is 0.327 e. The number of anilines is 1. The molecule has 1 fully saturated rings. The zero-order valence-electron chi connectivity index (χ0n) is 9.96. The molecule has 98 valence electrons. The summed E-state index contributed by atoms with van der Waals surface area (Å²) in [5, 5.41) is 2.89. The smallest absolute Gasteiger partial charge is 0.229 e. The van der Waals surface area contributed by atoms with Crippen LogP contribution in [0.25, 0.3) is 0 Å². The van der Waals surface area contributed by atoms with E-state index in [1.165, 1.54) is 12.1 Å². The third-order valence-electron chi connectivity index (χ3n) is 3.35. The van der Waals surface area contributed by atoms with E-state index in [0.29, 0.717) is 5.02 Å². The summed E-state index contributed by atoms with van der Waals surface area (Å²) in [7, 11) is 0. The second kappa shape index (κ2) is 5.67. The number of nitrogens with two attached hydrogens (primary N) is 1. The Hall–Kier alpha value is -1.13. The van der Waals surface area contributed by atoms with Crippen molar-refractivity contribution in [1.82, 2.24) is 0 Å². The molecule has 0 radical (unpaired) electrons. The van der Waals surface area contributed by atoms with Crippen molar-refractivity contribution in [3.63, 3.8) is 0 Å². The highest BCUT2D eigenvalue weighted by Crippen LogP contribution is 2.25. The van der Waals surface area contributed by atoms with Gasteiger partial charge >= 0.3 is 0 Å². The van der Waals surface area contributed by atoms with Crippen LogP contribution in [0.3, 0.4) is 0 Å². The molecule has 1 amide bonds. The Bertz CT molecular complexity index is 453. The highest BCUT2D eigenvalue weighted by atomic mass is 35.5. The van der Waals surface area contributed by atoms with E-state index in [2.05, 4.69) is 5.32 Å². The molecule has 1 aliphatic rings. The number of carbonyl (C=O) groups excluding carboxylic acids is 1. The van der Waals surface area contributed by atoms with Crippen molar-refractivity contribution in [2.45, 2.75) is 31.7 Å². The molecule has 0 saturated heterocycles. The highest BCUT2D eigenvalue weighted by Gasteiger charge is 2.28. The molecule has 1 aliphatic carbocycles. The van der Waals surface area contributed by atoms with Crippen molar-refractivity contribution in [2.75, 3.05) is 5.32 Å². The summed E-state index contributed by atoms with van der Waals surface area (Å²) in [4.78, 5) is 12.0. The summed E-state index contributed by atoms with van der Waals surface area (Å²) in [5.41, 5.74) is 6.07. The molecule has 0 aromatic heterocycles. The van der Waals surface area contributed by atoms with Crippen LogP contribution in [-0.2, 0) is 4.79 Å². The van der Waals surface area contributed by atoms with Gasteiger partial charge in [0.05, 0.1) is 11.6 Å². The first-order valence-electron chi connectivity index (χ1n) is 6.09. The fraction of sp³-hybridized carbons (Fsp3) is 0.462. The van der Waals surface area contributed by atoms with Gasteiger partial charge in [-0.3, -0.25) is 4.79 Å². The van der Waals surface area contributed by atoms with Crippen molar-refractivity contribution >= 4 is 23.2 Å². The normalized spacial score (nSPS) is 23.7. The van der Waals surface area contributed by atoms with E-state index in [1.807, 2.05) is 0 Å². The first-order chi connectivity index (χ1) is 8.58. The van der Waals surface area contributed by atoms with Gasteiger partial charge in [0.1, 0.15) is 5.82 Å².